The van der Waals surface area contributed by atoms with E-state index in [1.54, 1.807) is 23.5 Å². The van der Waals surface area contributed by atoms with Crippen LogP contribution in [-0.4, -0.2) is 25.2 Å². The highest BCUT2D eigenvalue weighted by Gasteiger charge is 2.23. The monoisotopic (exact) mass is 333 g/mol. The van der Waals surface area contributed by atoms with Gasteiger partial charge in [-0.05, 0) is 48.4 Å². The fourth-order valence-corrected chi connectivity index (χ4v) is 3.58. The number of thiophene rings is 1. The molecule has 0 bridgehead atoms. The molecule has 1 aliphatic heterocycles. The van der Waals surface area contributed by atoms with Gasteiger partial charge in [-0.1, -0.05) is 18.2 Å². The summed E-state index contributed by atoms with van der Waals surface area (Å²) in [6, 6.07) is 10.2. The number of rotatable bonds is 6. The van der Waals surface area contributed by atoms with Crippen molar-refractivity contribution in [2.45, 2.75) is 31.3 Å². The van der Waals surface area contributed by atoms with Crippen molar-refractivity contribution in [1.29, 1.82) is 0 Å². The van der Waals surface area contributed by atoms with Crippen LogP contribution in [0.25, 0.3) is 0 Å². The van der Waals surface area contributed by atoms with Gasteiger partial charge in [-0.3, -0.25) is 4.79 Å². The molecule has 1 saturated heterocycles. The minimum atomic E-state index is -0.310. The van der Waals surface area contributed by atoms with Gasteiger partial charge >= 0.3 is 0 Å². The molecule has 2 heterocycles. The molecule has 0 aliphatic carbocycles. The van der Waals surface area contributed by atoms with Crippen LogP contribution in [0.2, 0.25) is 0 Å². The van der Waals surface area contributed by atoms with Gasteiger partial charge in [0.15, 0.2) is 0 Å². The van der Waals surface area contributed by atoms with Gasteiger partial charge in [0.25, 0.3) is 0 Å². The van der Waals surface area contributed by atoms with Gasteiger partial charge in [0, 0.05) is 18.0 Å². The first-order valence-electron chi connectivity index (χ1n) is 7.89. The molecule has 1 aliphatic rings. The van der Waals surface area contributed by atoms with Crippen molar-refractivity contribution in [2.75, 3.05) is 13.2 Å². The summed E-state index contributed by atoms with van der Waals surface area (Å²) < 4.78 is 18.7. The Morgan fingerprint density at radius 3 is 2.83 bits per heavy atom. The highest BCUT2D eigenvalue weighted by molar-refractivity contribution is 7.09. The lowest BCUT2D eigenvalue weighted by atomic mass is 9.94. The van der Waals surface area contributed by atoms with Gasteiger partial charge in [0.1, 0.15) is 5.82 Å². The molecule has 5 heteroatoms. The van der Waals surface area contributed by atoms with Crippen LogP contribution in [0, 0.1) is 5.82 Å². The van der Waals surface area contributed by atoms with Crippen LogP contribution in [0.3, 0.4) is 0 Å². The lowest BCUT2D eigenvalue weighted by molar-refractivity contribution is -0.123. The smallest absolute Gasteiger partial charge is 0.228 e. The Labute approximate surface area is 139 Å². The van der Waals surface area contributed by atoms with Crippen molar-refractivity contribution >= 4 is 17.2 Å². The second kappa shape index (κ2) is 7.70. The molecule has 1 amide bonds. The lowest BCUT2D eigenvalue weighted by Crippen LogP contribution is -2.36. The predicted octanol–water partition coefficient (Wildman–Crippen LogP) is 3.51. The maximum Gasteiger partial charge on any atom is 0.228 e. The average Bonchev–Trinajstić information content (AvgIpc) is 3.25. The highest BCUT2D eigenvalue weighted by Crippen LogP contribution is 2.24. The summed E-state index contributed by atoms with van der Waals surface area (Å²) in [6.07, 6.45) is 2.79. The second-order valence-corrected chi connectivity index (χ2v) is 6.80. The summed E-state index contributed by atoms with van der Waals surface area (Å²) in [7, 11) is 0. The second-order valence-electron chi connectivity index (χ2n) is 5.77. The van der Waals surface area contributed by atoms with E-state index in [1.807, 2.05) is 17.5 Å². The third kappa shape index (κ3) is 4.39. The minimum Gasteiger partial charge on any atom is -0.376 e. The van der Waals surface area contributed by atoms with Crippen molar-refractivity contribution in [2.24, 2.45) is 0 Å². The minimum absolute atomic E-state index is 0.0273. The van der Waals surface area contributed by atoms with Gasteiger partial charge in [0.2, 0.25) is 5.91 Å². The molecular weight excluding hydrogens is 313 g/mol. The van der Waals surface area contributed by atoms with Crippen molar-refractivity contribution in [3.8, 4) is 0 Å². The first-order chi connectivity index (χ1) is 11.2. The third-order valence-corrected chi connectivity index (χ3v) is 5.00. The molecule has 2 atom stereocenters. The van der Waals surface area contributed by atoms with Crippen LogP contribution in [-0.2, 0) is 16.0 Å². The quantitative estimate of drug-likeness (QED) is 0.878. The molecule has 3 nitrogen and oxygen atoms in total. The van der Waals surface area contributed by atoms with Gasteiger partial charge in [-0.25, -0.2) is 4.39 Å². The van der Waals surface area contributed by atoms with E-state index in [4.69, 9.17) is 4.74 Å². The van der Waals surface area contributed by atoms with E-state index in [0.717, 1.165) is 29.9 Å². The molecule has 1 fully saturated rings. The van der Waals surface area contributed by atoms with Gasteiger partial charge < -0.3 is 10.1 Å². The maximum atomic E-state index is 13.2. The number of carbonyl (C=O) groups is 1. The lowest BCUT2D eigenvalue weighted by Gasteiger charge is -2.18. The summed E-state index contributed by atoms with van der Waals surface area (Å²) in [6.45, 7) is 1.32. The Balaban J connectivity index is 1.70. The molecular formula is C18H20FNO2S. The Hall–Kier alpha value is -1.72. The predicted molar refractivity (Wildman–Crippen MR) is 89.1 cm³/mol. The molecule has 23 heavy (non-hydrogen) atoms. The van der Waals surface area contributed by atoms with Gasteiger partial charge in [-0.2, -0.15) is 0 Å². The normalized spacial score (nSPS) is 18.7. The van der Waals surface area contributed by atoms with Gasteiger partial charge in [-0.15, -0.1) is 11.3 Å². The summed E-state index contributed by atoms with van der Waals surface area (Å²) in [5.41, 5.74) is 0.838. The molecule has 1 aromatic carbocycles. The zero-order chi connectivity index (χ0) is 16.1. The Kier molecular flexibility index (Phi) is 5.41. The fraction of sp³-hybridized carbons (Fsp3) is 0.389. The van der Waals surface area contributed by atoms with Crippen LogP contribution in [0.1, 0.15) is 29.2 Å². The Morgan fingerprint density at radius 1 is 1.35 bits per heavy atom. The first-order valence-corrected chi connectivity index (χ1v) is 8.77. The summed E-state index contributed by atoms with van der Waals surface area (Å²) in [5, 5.41) is 5.00. The van der Waals surface area contributed by atoms with Crippen LogP contribution >= 0.6 is 11.3 Å². The van der Waals surface area contributed by atoms with E-state index in [0.29, 0.717) is 13.0 Å². The summed E-state index contributed by atoms with van der Waals surface area (Å²) >= 11 is 1.63. The molecule has 2 unspecified atom stereocenters. The molecule has 1 N–H and O–H groups in total. The average molecular weight is 333 g/mol. The zero-order valence-electron chi connectivity index (χ0n) is 12.8. The summed E-state index contributed by atoms with van der Waals surface area (Å²) in [5.74, 6) is -0.625. The molecule has 3 rings (SSSR count). The van der Waals surface area contributed by atoms with E-state index in [-0.39, 0.29) is 23.7 Å². The summed E-state index contributed by atoms with van der Waals surface area (Å²) in [4.78, 5) is 13.8. The largest absolute Gasteiger partial charge is 0.376 e. The standard InChI is InChI=1S/C18H20FNO2S/c19-14-7-5-13(6-8-14)17(11-16-4-2-10-23-16)18(21)20-12-15-3-1-9-22-15/h2,4-8,10,15,17H,1,3,9,11-12H2,(H,20,21). The number of benzene rings is 1. The third-order valence-electron chi connectivity index (χ3n) is 4.10. The molecule has 2 aromatic rings. The SMILES string of the molecule is O=C(NCC1CCCO1)C(Cc1cccs1)c1ccc(F)cc1. The number of amides is 1. The number of halogens is 1. The molecule has 122 valence electrons. The fourth-order valence-electron chi connectivity index (χ4n) is 2.83. The number of nitrogens with one attached hydrogen (secondary N) is 1. The van der Waals surface area contributed by atoms with E-state index < -0.39 is 0 Å². The van der Waals surface area contributed by atoms with E-state index >= 15 is 0 Å². The van der Waals surface area contributed by atoms with Crippen LogP contribution < -0.4 is 5.32 Å². The molecule has 0 saturated carbocycles. The number of ether oxygens (including phenoxy) is 1. The van der Waals surface area contributed by atoms with Crippen molar-refractivity contribution in [3.05, 3.63) is 58.0 Å². The Bertz CT molecular complexity index is 621. The van der Waals surface area contributed by atoms with E-state index in [1.165, 1.54) is 12.1 Å². The van der Waals surface area contributed by atoms with Crippen LogP contribution in [0.15, 0.2) is 41.8 Å². The number of hydrogen-bond donors (Lipinski definition) is 1. The van der Waals surface area contributed by atoms with Gasteiger partial charge in [0.05, 0.1) is 12.0 Å². The molecule has 0 spiro atoms. The molecule has 0 radical (unpaired) electrons. The number of carbonyl (C=O) groups excluding carboxylic acids is 1. The van der Waals surface area contributed by atoms with E-state index in [9.17, 15) is 9.18 Å². The van der Waals surface area contributed by atoms with Crippen LogP contribution in [0.5, 0.6) is 0 Å². The highest BCUT2D eigenvalue weighted by atomic mass is 32.1. The topological polar surface area (TPSA) is 38.3 Å². The van der Waals surface area contributed by atoms with Crippen molar-refractivity contribution < 1.29 is 13.9 Å². The van der Waals surface area contributed by atoms with Crippen LogP contribution in [0.4, 0.5) is 4.39 Å². The van der Waals surface area contributed by atoms with Crippen molar-refractivity contribution in [3.63, 3.8) is 0 Å². The maximum absolute atomic E-state index is 13.2. The van der Waals surface area contributed by atoms with Crippen molar-refractivity contribution in [1.82, 2.24) is 5.32 Å². The molecule has 1 aromatic heterocycles. The van der Waals surface area contributed by atoms with E-state index in [2.05, 4.69) is 5.32 Å². The zero-order valence-corrected chi connectivity index (χ0v) is 13.7. The number of hydrogen-bond acceptors (Lipinski definition) is 3. The first kappa shape index (κ1) is 16.1. The Morgan fingerprint density at radius 2 is 2.17 bits per heavy atom.